The number of benzene rings is 1. The van der Waals surface area contributed by atoms with Crippen LogP contribution >= 0.6 is 15.9 Å². The molecule has 16 heavy (non-hydrogen) atoms. The second kappa shape index (κ2) is 3.97. The summed E-state index contributed by atoms with van der Waals surface area (Å²) < 4.78 is 2.75. The first-order chi connectivity index (χ1) is 7.48. The van der Waals surface area contributed by atoms with Crippen LogP contribution in [0.2, 0.25) is 0 Å². The molecule has 0 saturated carbocycles. The predicted octanol–water partition coefficient (Wildman–Crippen LogP) is 2.72. The summed E-state index contributed by atoms with van der Waals surface area (Å²) in [6, 6.07) is 6.12. The van der Waals surface area contributed by atoms with Crippen LogP contribution in [0, 0.1) is 0 Å². The van der Waals surface area contributed by atoms with Crippen molar-refractivity contribution in [2.75, 3.05) is 0 Å². The Morgan fingerprint density at radius 2 is 2.00 bits per heavy atom. The van der Waals surface area contributed by atoms with Crippen molar-refractivity contribution in [3.63, 3.8) is 0 Å². The van der Waals surface area contributed by atoms with Gasteiger partial charge in [-0.25, -0.2) is 4.68 Å². The highest BCUT2D eigenvalue weighted by Gasteiger charge is 2.19. The molecule has 2 rings (SSSR count). The van der Waals surface area contributed by atoms with E-state index in [4.69, 9.17) is 0 Å². The van der Waals surface area contributed by atoms with Gasteiger partial charge in [0.2, 0.25) is 0 Å². The molecule has 0 unspecified atom stereocenters. The normalized spacial score (nSPS) is 11.8. The maximum Gasteiger partial charge on any atom is 0.143 e. The van der Waals surface area contributed by atoms with E-state index >= 15 is 0 Å². The molecule has 0 fully saturated rings. The van der Waals surface area contributed by atoms with Crippen molar-refractivity contribution < 1.29 is 0 Å². The first kappa shape index (κ1) is 11.3. The van der Waals surface area contributed by atoms with Gasteiger partial charge in [-0.15, -0.1) is 5.10 Å². The van der Waals surface area contributed by atoms with Crippen LogP contribution in [0.5, 0.6) is 0 Å². The smallest absolute Gasteiger partial charge is 0.143 e. The minimum Gasteiger partial charge on any atom is -0.200 e. The van der Waals surface area contributed by atoms with Crippen LogP contribution < -0.4 is 0 Å². The average molecular weight is 281 g/mol. The molecule has 4 nitrogen and oxygen atoms in total. The molecule has 0 saturated heterocycles. The number of rotatable bonds is 1. The first-order valence-corrected chi connectivity index (χ1v) is 5.81. The molecule has 1 aromatic heterocycles. The molecule has 0 spiro atoms. The van der Waals surface area contributed by atoms with E-state index in [0.29, 0.717) is 0 Å². The molecule has 1 aromatic carbocycles. The molecule has 0 aliphatic rings. The van der Waals surface area contributed by atoms with Crippen LogP contribution in [0.25, 0.3) is 5.69 Å². The van der Waals surface area contributed by atoms with E-state index in [1.807, 2.05) is 12.1 Å². The highest BCUT2D eigenvalue weighted by atomic mass is 79.9. The van der Waals surface area contributed by atoms with E-state index in [2.05, 4.69) is 58.3 Å². The third kappa shape index (κ3) is 2.14. The summed E-state index contributed by atoms with van der Waals surface area (Å²) in [6.45, 7) is 6.51. The maximum atomic E-state index is 3.93. The van der Waals surface area contributed by atoms with E-state index in [9.17, 15) is 0 Å². The summed E-state index contributed by atoms with van der Waals surface area (Å²) in [5, 5.41) is 11.3. The summed E-state index contributed by atoms with van der Waals surface area (Å²) in [4.78, 5) is 0. The molecule has 0 atom stereocenters. The lowest BCUT2D eigenvalue weighted by atomic mass is 9.86. The Bertz CT molecular complexity index is 485. The lowest BCUT2D eigenvalue weighted by Crippen LogP contribution is -2.15. The van der Waals surface area contributed by atoms with E-state index in [-0.39, 0.29) is 5.41 Å². The quantitative estimate of drug-likeness (QED) is 0.807. The van der Waals surface area contributed by atoms with Crippen LogP contribution in [0.1, 0.15) is 26.3 Å². The van der Waals surface area contributed by atoms with Crippen molar-refractivity contribution in [2.24, 2.45) is 0 Å². The lowest BCUT2D eigenvalue weighted by molar-refractivity contribution is 0.581. The second-order valence-electron chi connectivity index (χ2n) is 4.67. The van der Waals surface area contributed by atoms with Gasteiger partial charge in [0.15, 0.2) is 0 Å². The van der Waals surface area contributed by atoms with Gasteiger partial charge in [-0.05, 0) is 39.6 Å². The zero-order valence-electron chi connectivity index (χ0n) is 9.48. The summed E-state index contributed by atoms with van der Waals surface area (Å²) in [7, 11) is 0. The van der Waals surface area contributed by atoms with Crippen molar-refractivity contribution >= 4 is 15.9 Å². The van der Waals surface area contributed by atoms with Gasteiger partial charge in [0, 0.05) is 4.47 Å². The van der Waals surface area contributed by atoms with E-state index in [1.165, 1.54) is 5.56 Å². The highest BCUT2D eigenvalue weighted by Crippen LogP contribution is 2.30. The zero-order chi connectivity index (χ0) is 11.8. The Labute approximate surface area is 103 Å². The van der Waals surface area contributed by atoms with Crippen molar-refractivity contribution in [1.82, 2.24) is 20.2 Å². The van der Waals surface area contributed by atoms with Gasteiger partial charge in [0.05, 0.1) is 5.69 Å². The van der Waals surface area contributed by atoms with Crippen LogP contribution in [0.3, 0.4) is 0 Å². The van der Waals surface area contributed by atoms with E-state index < -0.39 is 0 Å². The van der Waals surface area contributed by atoms with Gasteiger partial charge < -0.3 is 0 Å². The SMILES string of the molecule is CC(C)(C)c1cc(Br)ccc1-n1cnnn1. The molecular formula is C11H13BrN4. The van der Waals surface area contributed by atoms with Gasteiger partial charge >= 0.3 is 0 Å². The molecule has 2 aromatic rings. The fraction of sp³-hybridized carbons (Fsp3) is 0.364. The lowest BCUT2D eigenvalue weighted by Gasteiger charge is -2.22. The highest BCUT2D eigenvalue weighted by molar-refractivity contribution is 9.10. The first-order valence-electron chi connectivity index (χ1n) is 5.02. The number of nitrogens with zero attached hydrogens (tertiary/aromatic N) is 4. The standard InChI is InChI=1S/C11H13BrN4/c1-11(2,3)9-6-8(12)4-5-10(9)16-7-13-14-15-16/h4-7H,1-3H3. The Balaban J connectivity index is 2.62. The van der Waals surface area contributed by atoms with Gasteiger partial charge in [-0.1, -0.05) is 36.7 Å². The van der Waals surface area contributed by atoms with Crippen molar-refractivity contribution in [3.8, 4) is 5.69 Å². The van der Waals surface area contributed by atoms with Crippen molar-refractivity contribution in [3.05, 3.63) is 34.6 Å². The van der Waals surface area contributed by atoms with E-state index in [1.54, 1.807) is 11.0 Å². The molecule has 0 aliphatic heterocycles. The molecule has 1 heterocycles. The third-order valence-electron chi connectivity index (χ3n) is 2.36. The van der Waals surface area contributed by atoms with Gasteiger partial charge in [-0.3, -0.25) is 0 Å². The number of halogens is 1. The van der Waals surface area contributed by atoms with Crippen molar-refractivity contribution in [2.45, 2.75) is 26.2 Å². The van der Waals surface area contributed by atoms with Crippen LogP contribution in [0.4, 0.5) is 0 Å². The number of aromatic nitrogens is 4. The van der Waals surface area contributed by atoms with Crippen LogP contribution in [0.15, 0.2) is 29.0 Å². The average Bonchev–Trinajstić information content (AvgIpc) is 2.69. The molecule has 0 bridgehead atoms. The molecule has 84 valence electrons. The summed E-state index contributed by atoms with van der Waals surface area (Å²) in [6.07, 6.45) is 1.61. The largest absolute Gasteiger partial charge is 0.200 e. The summed E-state index contributed by atoms with van der Waals surface area (Å²) in [5.41, 5.74) is 2.26. The van der Waals surface area contributed by atoms with Gasteiger partial charge in [0.1, 0.15) is 6.33 Å². The topological polar surface area (TPSA) is 43.6 Å². The molecule has 0 N–H and O–H groups in total. The Morgan fingerprint density at radius 1 is 1.25 bits per heavy atom. The number of hydrogen-bond donors (Lipinski definition) is 0. The third-order valence-corrected chi connectivity index (χ3v) is 2.86. The minimum absolute atomic E-state index is 0.0467. The van der Waals surface area contributed by atoms with Gasteiger partial charge in [-0.2, -0.15) is 0 Å². The predicted molar refractivity (Wildman–Crippen MR) is 65.6 cm³/mol. The van der Waals surface area contributed by atoms with Crippen LogP contribution in [-0.4, -0.2) is 20.2 Å². The van der Waals surface area contributed by atoms with Gasteiger partial charge in [0.25, 0.3) is 0 Å². The fourth-order valence-electron chi connectivity index (χ4n) is 1.58. The maximum absolute atomic E-state index is 3.93. The summed E-state index contributed by atoms with van der Waals surface area (Å²) >= 11 is 3.49. The molecular weight excluding hydrogens is 268 g/mol. The Hall–Kier alpha value is -1.23. The Morgan fingerprint density at radius 3 is 2.56 bits per heavy atom. The molecule has 5 heteroatoms. The van der Waals surface area contributed by atoms with E-state index in [0.717, 1.165) is 10.2 Å². The summed E-state index contributed by atoms with van der Waals surface area (Å²) in [5.74, 6) is 0. The fourth-order valence-corrected chi connectivity index (χ4v) is 1.94. The molecule has 0 amide bonds. The number of tetrazole rings is 1. The molecule has 0 aliphatic carbocycles. The monoisotopic (exact) mass is 280 g/mol. The Kier molecular flexibility index (Phi) is 2.80. The number of hydrogen-bond acceptors (Lipinski definition) is 3. The van der Waals surface area contributed by atoms with Crippen LogP contribution in [-0.2, 0) is 5.41 Å². The minimum atomic E-state index is 0.0467. The molecule has 0 radical (unpaired) electrons. The second-order valence-corrected chi connectivity index (χ2v) is 5.58. The van der Waals surface area contributed by atoms with Crippen molar-refractivity contribution in [1.29, 1.82) is 0 Å². The zero-order valence-corrected chi connectivity index (χ0v) is 11.1.